The fourth-order valence-corrected chi connectivity index (χ4v) is 4.97. The molecule has 1 saturated carbocycles. The average molecular weight is 451 g/mol. The first kappa shape index (κ1) is 22.8. The molecule has 3 atom stereocenters. The molecule has 4 rings (SSSR count). The fourth-order valence-electron chi connectivity index (χ4n) is 4.97. The molecule has 2 amide bonds. The fraction of sp³-hybridized carbons (Fsp3) is 0.423. The molecule has 174 valence electrons. The quantitative estimate of drug-likeness (QED) is 0.576. The highest BCUT2D eigenvalue weighted by Gasteiger charge is 2.33. The van der Waals surface area contributed by atoms with Crippen molar-refractivity contribution in [2.45, 2.75) is 57.0 Å². The van der Waals surface area contributed by atoms with Gasteiger partial charge in [-0.25, -0.2) is 4.79 Å². The zero-order valence-electron chi connectivity index (χ0n) is 18.8. The molecule has 2 aromatic rings. The van der Waals surface area contributed by atoms with Gasteiger partial charge >= 0.3 is 12.1 Å². The summed E-state index contributed by atoms with van der Waals surface area (Å²) in [5, 5.41) is 14.5. The molecule has 0 aromatic heterocycles. The van der Waals surface area contributed by atoms with Gasteiger partial charge in [0.05, 0.1) is 5.92 Å². The lowest BCUT2D eigenvalue weighted by Crippen LogP contribution is -2.49. The maximum absolute atomic E-state index is 12.7. The molecule has 0 aliphatic heterocycles. The van der Waals surface area contributed by atoms with Crippen molar-refractivity contribution < 1.29 is 24.2 Å². The van der Waals surface area contributed by atoms with Gasteiger partial charge in [-0.15, -0.1) is 0 Å². The van der Waals surface area contributed by atoms with Crippen molar-refractivity contribution in [3.05, 3.63) is 59.7 Å². The maximum Gasteiger partial charge on any atom is 0.407 e. The lowest BCUT2D eigenvalue weighted by atomic mass is 9.93. The Morgan fingerprint density at radius 1 is 0.970 bits per heavy atom. The van der Waals surface area contributed by atoms with Gasteiger partial charge in [0.15, 0.2) is 0 Å². The number of carbonyl (C=O) groups excluding carboxylic acids is 2. The normalized spacial score (nSPS) is 20.6. The summed E-state index contributed by atoms with van der Waals surface area (Å²) in [5.41, 5.74) is 4.60. The molecule has 2 aromatic carbocycles. The molecular weight excluding hydrogens is 420 g/mol. The number of fused-ring (bicyclic) bond motifs is 3. The van der Waals surface area contributed by atoms with Crippen LogP contribution in [0, 0.1) is 5.92 Å². The number of hydrogen-bond acceptors (Lipinski definition) is 4. The van der Waals surface area contributed by atoms with Crippen LogP contribution in [0.1, 0.15) is 56.1 Å². The van der Waals surface area contributed by atoms with Gasteiger partial charge in [-0.3, -0.25) is 9.59 Å². The van der Waals surface area contributed by atoms with E-state index in [0.717, 1.165) is 41.5 Å². The van der Waals surface area contributed by atoms with Crippen LogP contribution in [0.5, 0.6) is 0 Å². The van der Waals surface area contributed by atoms with E-state index in [4.69, 9.17) is 9.84 Å². The Bertz CT molecular complexity index is 991. The molecule has 33 heavy (non-hydrogen) atoms. The second kappa shape index (κ2) is 10.1. The second-order valence-corrected chi connectivity index (χ2v) is 8.89. The highest BCUT2D eigenvalue weighted by atomic mass is 16.5. The van der Waals surface area contributed by atoms with Crippen LogP contribution in [0.3, 0.4) is 0 Å². The van der Waals surface area contributed by atoms with E-state index in [1.165, 1.54) is 6.92 Å². The molecule has 0 heterocycles. The van der Waals surface area contributed by atoms with Gasteiger partial charge in [0, 0.05) is 12.0 Å². The Kier molecular flexibility index (Phi) is 6.96. The van der Waals surface area contributed by atoms with Crippen molar-refractivity contribution in [3.63, 3.8) is 0 Å². The molecule has 2 aliphatic carbocycles. The Morgan fingerprint density at radius 2 is 1.58 bits per heavy atom. The molecule has 2 aliphatic rings. The van der Waals surface area contributed by atoms with Crippen LogP contribution in [0.2, 0.25) is 0 Å². The molecule has 0 bridgehead atoms. The number of amides is 2. The third-order valence-corrected chi connectivity index (χ3v) is 6.73. The number of rotatable bonds is 6. The number of ether oxygens (including phenoxy) is 1. The number of hydrogen-bond donors (Lipinski definition) is 3. The number of carboxylic acid groups (broad SMARTS) is 1. The summed E-state index contributed by atoms with van der Waals surface area (Å²) in [5.74, 6) is -1.93. The first-order valence-corrected chi connectivity index (χ1v) is 11.6. The van der Waals surface area contributed by atoms with Crippen molar-refractivity contribution in [1.82, 2.24) is 10.6 Å². The first-order chi connectivity index (χ1) is 16.0. The van der Waals surface area contributed by atoms with E-state index in [-0.39, 0.29) is 24.5 Å². The van der Waals surface area contributed by atoms with Crippen LogP contribution in [0.25, 0.3) is 11.1 Å². The van der Waals surface area contributed by atoms with Crippen LogP contribution in [0.15, 0.2) is 48.5 Å². The van der Waals surface area contributed by atoms with Crippen molar-refractivity contribution in [2.75, 3.05) is 6.61 Å². The lowest BCUT2D eigenvalue weighted by Gasteiger charge is -2.26. The van der Waals surface area contributed by atoms with Crippen LogP contribution < -0.4 is 10.6 Å². The summed E-state index contributed by atoms with van der Waals surface area (Å²) >= 11 is 0. The summed E-state index contributed by atoms with van der Waals surface area (Å²) in [6.45, 7) is 1.64. The van der Waals surface area contributed by atoms with Gasteiger partial charge in [-0.1, -0.05) is 67.8 Å². The van der Waals surface area contributed by atoms with Crippen molar-refractivity contribution in [2.24, 2.45) is 5.92 Å². The van der Waals surface area contributed by atoms with Crippen LogP contribution in [-0.2, 0) is 14.3 Å². The number of carbonyl (C=O) groups is 3. The van der Waals surface area contributed by atoms with Gasteiger partial charge in [0.25, 0.3) is 0 Å². The third kappa shape index (κ3) is 5.02. The monoisotopic (exact) mass is 450 g/mol. The van der Waals surface area contributed by atoms with E-state index in [1.807, 2.05) is 24.3 Å². The number of nitrogens with one attached hydrogen (secondary N) is 2. The molecule has 0 spiro atoms. The van der Waals surface area contributed by atoms with Crippen LogP contribution in [-0.4, -0.2) is 41.8 Å². The van der Waals surface area contributed by atoms with Crippen LogP contribution >= 0.6 is 0 Å². The minimum atomic E-state index is -1.09. The number of alkyl carbamates (subject to hydrolysis) is 1. The molecule has 7 heteroatoms. The predicted molar refractivity (Wildman–Crippen MR) is 124 cm³/mol. The summed E-state index contributed by atoms with van der Waals surface area (Å²) in [7, 11) is 0. The summed E-state index contributed by atoms with van der Waals surface area (Å²) in [4.78, 5) is 36.6. The Hall–Kier alpha value is -3.35. The summed E-state index contributed by atoms with van der Waals surface area (Å²) in [6, 6.07) is 14.9. The minimum absolute atomic E-state index is 0.0344. The average Bonchev–Trinajstić information content (AvgIpc) is 2.94. The van der Waals surface area contributed by atoms with Crippen molar-refractivity contribution >= 4 is 18.0 Å². The van der Waals surface area contributed by atoms with Crippen molar-refractivity contribution in [3.8, 4) is 11.1 Å². The zero-order valence-corrected chi connectivity index (χ0v) is 18.8. The standard InChI is InChI=1S/C26H30N2O5/c1-16(25(30)31)27-24(29)21-13-3-2-4-14-23(21)28-26(32)33-15-22-19-11-7-5-9-17(19)18-10-6-8-12-20(18)22/h5-12,16,21-23H,2-4,13-15H2,1H3,(H,27,29)(H,28,32)(H,30,31)/t16-,21-,23+/m0/s1. The van der Waals surface area contributed by atoms with E-state index in [0.29, 0.717) is 12.8 Å². The number of aliphatic carboxylic acids is 1. The second-order valence-electron chi connectivity index (χ2n) is 8.89. The van der Waals surface area contributed by atoms with E-state index in [2.05, 4.69) is 34.9 Å². The van der Waals surface area contributed by atoms with E-state index in [9.17, 15) is 14.4 Å². The van der Waals surface area contributed by atoms with E-state index in [1.54, 1.807) is 0 Å². The lowest BCUT2D eigenvalue weighted by molar-refractivity contribution is -0.142. The van der Waals surface area contributed by atoms with Gasteiger partial charge < -0.3 is 20.5 Å². The molecule has 0 unspecified atom stereocenters. The predicted octanol–water partition coefficient (Wildman–Crippen LogP) is 4.06. The topological polar surface area (TPSA) is 105 Å². The number of benzene rings is 2. The smallest absolute Gasteiger partial charge is 0.407 e. The third-order valence-electron chi connectivity index (χ3n) is 6.73. The Labute approximate surface area is 193 Å². The van der Waals surface area contributed by atoms with Gasteiger partial charge in [-0.05, 0) is 42.0 Å². The van der Waals surface area contributed by atoms with E-state index < -0.39 is 24.0 Å². The Balaban J connectivity index is 1.41. The maximum atomic E-state index is 12.7. The highest BCUT2D eigenvalue weighted by molar-refractivity contribution is 5.85. The van der Waals surface area contributed by atoms with Gasteiger partial charge in [0.1, 0.15) is 12.6 Å². The van der Waals surface area contributed by atoms with Gasteiger partial charge in [0.2, 0.25) is 5.91 Å². The molecule has 1 fully saturated rings. The molecule has 7 nitrogen and oxygen atoms in total. The summed E-state index contributed by atoms with van der Waals surface area (Å²) < 4.78 is 5.65. The van der Waals surface area contributed by atoms with Gasteiger partial charge in [-0.2, -0.15) is 0 Å². The Morgan fingerprint density at radius 3 is 2.21 bits per heavy atom. The molecule has 0 radical (unpaired) electrons. The van der Waals surface area contributed by atoms with E-state index >= 15 is 0 Å². The minimum Gasteiger partial charge on any atom is -0.480 e. The molecular formula is C26H30N2O5. The highest BCUT2D eigenvalue weighted by Crippen LogP contribution is 2.44. The van der Waals surface area contributed by atoms with Crippen molar-refractivity contribution in [1.29, 1.82) is 0 Å². The SMILES string of the molecule is C[C@H](NC(=O)[C@H]1CCCCC[C@H]1NC(=O)OCC1c2ccccc2-c2ccccc21)C(=O)O. The first-order valence-electron chi connectivity index (χ1n) is 11.6. The zero-order chi connectivity index (χ0) is 23.4. The molecule has 3 N–H and O–H groups in total. The van der Waals surface area contributed by atoms with Crippen LogP contribution in [0.4, 0.5) is 4.79 Å². The largest absolute Gasteiger partial charge is 0.480 e. The molecule has 0 saturated heterocycles. The summed E-state index contributed by atoms with van der Waals surface area (Å²) in [6.07, 6.45) is 3.44. The number of carboxylic acids is 1.